The van der Waals surface area contributed by atoms with Gasteiger partial charge in [0.15, 0.2) is 0 Å². The number of alkyl halides is 3. The van der Waals surface area contributed by atoms with Crippen LogP contribution < -0.4 is 4.72 Å². The molecule has 0 unspecified atom stereocenters. The Bertz CT molecular complexity index is 1550. The molecule has 3 heterocycles. The van der Waals surface area contributed by atoms with Crippen molar-refractivity contribution in [2.45, 2.75) is 24.9 Å². The number of hydrogen-bond donors (Lipinski definition) is 2. The zero-order valence-corrected chi connectivity index (χ0v) is 19.1. The molecule has 0 aliphatic rings. The molecule has 0 spiro atoms. The molecule has 34 heavy (non-hydrogen) atoms. The summed E-state index contributed by atoms with van der Waals surface area (Å²) in [6, 6.07) is 5.13. The van der Waals surface area contributed by atoms with E-state index in [1.165, 1.54) is 12.3 Å². The zero-order chi connectivity index (χ0) is 24.8. The van der Waals surface area contributed by atoms with Crippen molar-refractivity contribution in [3.05, 3.63) is 76.1 Å². The molecule has 4 rings (SSSR count). The van der Waals surface area contributed by atoms with Crippen LogP contribution in [0.2, 0.25) is 5.02 Å². The van der Waals surface area contributed by atoms with E-state index in [1.54, 1.807) is 26.1 Å². The fourth-order valence-electron chi connectivity index (χ4n) is 3.26. The summed E-state index contributed by atoms with van der Waals surface area (Å²) in [4.78, 5) is 28.0. The monoisotopic (exact) mass is 509 g/mol. The Hall–Kier alpha value is -3.51. The summed E-state index contributed by atoms with van der Waals surface area (Å²) in [7, 11) is -4.55. The van der Waals surface area contributed by atoms with Gasteiger partial charge in [-0.2, -0.15) is 13.2 Å². The lowest BCUT2D eigenvalue weighted by molar-refractivity contribution is -0.137. The number of carbonyl (C=O) groups is 1. The number of sulfonamides is 1. The first-order valence-electron chi connectivity index (χ1n) is 9.59. The maximum absolute atomic E-state index is 13.3. The molecule has 8 nitrogen and oxygen atoms in total. The molecular formula is C21H15ClF3N5O3S. The highest BCUT2D eigenvalue weighted by Gasteiger charge is 2.35. The third kappa shape index (κ3) is 4.46. The number of nitrogens with zero attached hydrogens (tertiary/aromatic N) is 3. The standard InChI is InChI=1S/C21H15ClF3N5O3S/c1-10-7-16(30-34(32,33)12-3-4-15(22)14(8-12)21(23,24)25)18(27-9-10)19(31)17-13-5-6-26-20(13)29-11(2)28-17/h3-9,30H,1-2H3,(H,26,28,29). The number of rotatable bonds is 5. The fourth-order valence-corrected chi connectivity index (χ4v) is 4.57. The number of hydrogen-bond acceptors (Lipinski definition) is 6. The summed E-state index contributed by atoms with van der Waals surface area (Å²) in [5.74, 6) is -0.395. The van der Waals surface area contributed by atoms with E-state index >= 15 is 0 Å². The number of pyridine rings is 1. The molecule has 1 aromatic carbocycles. The van der Waals surface area contributed by atoms with Gasteiger partial charge in [0.2, 0.25) is 5.78 Å². The molecule has 0 radical (unpaired) electrons. The largest absolute Gasteiger partial charge is 0.417 e. The predicted molar refractivity (Wildman–Crippen MR) is 118 cm³/mol. The van der Waals surface area contributed by atoms with Crippen molar-refractivity contribution < 1.29 is 26.4 Å². The van der Waals surface area contributed by atoms with E-state index in [4.69, 9.17) is 11.6 Å². The Kier molecular flexibility index (Phi) is 5.82. The Morgan fingerprint density at radius 1 is 1.09 bits per heavy atom. The van der Waals surface area contributed by atoms with Gasteiger partial charge in [-0.1, -0.05) is 11.6 Å². The SMILES string of the molecule is Cc1cnc(C(=O)c2nc(C)nc3[nH]ccc23)c(NS(=O)(=O)c2ccc(Cl)c(C(F)(F)F)c2)c1. The molecule has 4 aromatic rings. The van der Waals surface area contributed by atoms with Crippen molar-refractivity contribution in [1.82, 2.24) is 19.9 Å². The molecule has 0 amide bonds. The summed E-state index contributed by atoms with van der Waals surface area (Å²) in [5, 5.41) is -0.242. The average Bonchev–Trinajstić information content (AvgIpc) is 3.20. The van der Waals surface area contributed by atoms with E-state index in [2.05, 4.69) is 24.7 Å². The van der Waals surface area contributed by atoms with E-state index in [1.807, 2.05) is 0 Å². The zero-order valence-electron chi connectivity index (χ0n) is 17.5. The minimum atomic E-state index is -4.86. The van der Waals surface area contributed by atoms with Gasteiger partial charge in [0, 0.05) is 17.8 Å². The van der Waals surface area contributed by atoms with Gasteiger partial charge < -0.3 is 4.98 Å². The topological polar surface area (TPSA) is 118 Å². The molecule has 2 N–H and O–H groups in total. The van der Waals surface area contributed by atoms with Gasteiger partial charge in [0.1, 0.15) is 22.9 Å². The predicted octanol–water partition coefficient (Wildman–Crippen LogP) is 4.67. The third-order valence-electron chi connectivity index (χ3n) is 4.78. The van der Waals surface area contributed by atoms with Gasteiger partial charge in [0.25, 0.3) is 10.0 Å². The highest BCUT2D eigenvalue weighted by molar-refractivity contribution is 7.92. The molecule has 0 atom stereocenters. The van der Waals surface area contributed by atoms with Crippen molar-refractivity contribution >= 4 is 44.1 Å². The second kappa shape index (κ2) is 8.37. The summed E-state index contributed by atoms with van der Waals surface area (Å²) < 4.78 is 67.7. The second-order valence-corrected chi connectivity index (χ2v) is 9.43. The highest BCUT2D eigenvalue weighted by Crippen LogP contribution is 2.36. The smallest absolute Gasteiger partial charge is 0.346 e. The normalized spacial score (nSPS) is 12.2. The number of aromatic amines is 1. The van der Waals surface area contributed by atoms with E-state index < -0.39 is 37.5 Å². The van der Waals surface area contributed by atoms with Gasteiger partial charge in [-0.3, -0.25) is 14.5 Å². The Morgan fingerprint density at radius 3 is 2.53 bits per heavy atom. The molecule has 0 fully saturated rings. The van der Waals surface area contributed by atoms with Gasteiger partial charge in [-0.15, -0.1) is 0 Å². The van der Waals surface area contributed by atoms with Crippen LogP contribution in [0, 0.1) is 13.8 Å². The van der Waals surface area contributed by atoms with Crippen LogP contribution in [0.1, 0.15) is 33.1 Å². The molecular weight excluding hydrogens is 495 g/mol. The van der Waals surface area contributed by atoms with Crippen LogP contribution in [-0.2, 0) is 16.2 Å². The van der Waals surface area contributed by atoms with Gasteiger partial charge in [0.05, 0.1) is 21.2 Å². The third-order valence-corrected chi connectivity index (χ3v) is 6.47. The maximum Gasteiger partial charge on any atom is 0.417 e. The van der Waals surface area contributed by atoms with Crippen LogP contribution >= 0.6 is 11.6 Å². The number of fused-ring (bicyclic) bond motifs is 1. The number of H-pyrrole nitrogens is 1. The van der Waals surface area contributed by atoms with Gasteiger partial charge in [-0.05, 0) is 49.7 Å². The number of carbonyl (C=O) groups excluding carboxylic acids is 1. The number of benzene rings is 1. The Morgan fingerprint density at radius 2 is 1.82 bits per heavy atom. The van der Waals surface area contributed by atoms with Crippen LogP contribution in [0.5, 0.6) is 0 Å². The van der Waals surface area contributed by atoms with Crippen molar-refractivity contribution in [2.75, 3.05) is 4.72 Å². The lowest BCUT2D eigenvalue weighted by Gasteiger charge is -2.14. The van der Waals surface area contributed by atoms with Crippen LogP contribution in [-0.4, -0.2) is 34.1 Å². The first-order valence-corrected chi connectivity index (χ1v) is 11.5. The van der Waals surface area contributed by atoms with E-state index in [0.29, 0.717) is 28.5 Å². The van der Waals surface area contributed by atoms with Crippen molar-refractivity contribution in [2.24, 2.45) is 0 Å². The molecule has 3 aromatic heterocycles. The maximum atomic E-state index is 13.3. The fraction of sp³-hybridized carbons (Fsp3) is 0.143. The number of halogens is 4. The highest BCUT2D eigenvalue weighted by atomic mass is 35.5. The molecule has 13 heteroatoms. The van der Waals surface area contributed by atoms with Crippen LogP contribution in [0.15, 0.2) is 47.6 Å². The molecule has 0 aliphatic carbocycles. The van der Waals surface area contributed by atoms with Crippen molar-refractivity contribution in [3.63, 3.8) is 0 Å². The van der Waals surface area contributed by atoms with E-state index in [0.717, 1.165) is 12.1 Å². The molecule has 0 aliphatic heterocycles. The molecule has 0 saturated carbocycles. The minimum absolute atomic E-state index is 0.00796. The first-order chi connectivity index (χ1) is 15.9. The van der Waals surface area contributed by atoms with Crippen LogP contribution in [0.25, 0.3) is 11.0 Å². The number of anilines is 1. The van der Waals surface area contributed by atoms with Crippen molar-refractivity contribution in [1.29, 1.82) is 0 Å². The lowest BCUT2D eigenvalue weighted by atomic mass is 10.1. The van der Waals surface area contributed by atoms with Gasteiger partial charge in [-0.25, -0.2) is 18.4 Å². The minimum Gasteiger partial charge on any atom is -0.346 e. The molecule has 0 saturated heterocycles. The number of ketones is 1. The summed E-state index contributed by atoms with van der Waals surface area (Å²) in [6.07, 6.45) is -1.93. The van der Waals surface area contributed by atoms with Crippen LogP contribution in [0.4, 0.5) is 18.9 Å². The summed E-state index contributed by atoms with van der Waals surface area (Å²) in [6.45, 7) is 3.20. The van der Waals surface area contributed by atoms with E-state index in [-0.39, 0.29) is 17.1 Å². The first kappa shape index (κ1) is 23.6. The molecule has 0 bridgehead atoms. The lowest BCUT2D eigenvalue weighted by Crippen LogP contribution is -2.19. The quantitative estimate of drug-likeness (QED) is 0.377. The van der Waals surface area contributed by atoms with Crippen LogP contribution in [0.3, 0.4) is 0 Å². The number of aryl methyl sites for hydroxylation is 2. The average molecular weight is 510 g/mol. The Balaban J connectivity index is 1.79. The summed E-state index contributed by atoms with van der Waals surface area (Å²) in [5.41, 5.74) is -0.889. The van der Waals surface area contributed by atoms with Gasteiger partial charge >= 0.3 is 6.18 Å². The molecule has 176 valence electrons. The number of aromatic nitrogens is 4. The Labute approximate surface area is 196 Å². The van der Waals surface area contributed by atoms with E-state index in [9.17, 15) is 26.4 Å². The van der Waals surface area contributed by atoms with Crippen molar-refractivity contribution in [3.8, 4) is 0 Å². The second-order valence-electron chi connectivity index (χ2n) is 7.34. The summed E-state index contributed by atoms with van der Waals surface area (Å²) >= 11 is 5.59. The number of nitrogens with one attached hydrogen (secondary N) is 2.